The third-order valence-corrected chi connectivity index (χ3v) is 5.47. The van der Waals surface area contributed by atoms with Crippen LogP contribution in [0.2, 0.25) is 0 Å². The van der Waals surface area contributed by atoms with Crippen LogP contribution in [0, 0.1) is 5.92 Å². The molecule has 2 amide bonds. The number of rotatable bonds is 6. The summed E-state index contributed by atoms with van der Waals surface area (Å²) in [4.78, 5) is 26.9. The summed E-state index contributed by atoms with van der Waals surface area (Å²) in [6.45, 7) is 2.58. The zero-order valence-electron chi connectivity index (χ0n) is 15.2. The van der Waals surface area contributed by atoms with Crippen molar-refractivity contribution in [1.82, 2.24) is 10.2 Å². The van der Waals surface area contributed by atoms with Gasteiger partial charge in [-0.3, -0.25) is 9.59 Å². The molecule has 5 heteroatoms. The van der Waals surface area contributed by atoms with Crippen molar-refractivity contribution in [3.8, 4) is 5.75 Å². The first-order valence-electron chi connectivity index (χ1n) is 9.32. The summed E-state index contributed by atoms with van der Waals surface area (Å²) in [5.74, 6) is 1.03. The van der Waals surface area contributed by atoms with Crippen molar-refractivity contribution in [2.24, 2.45) is 5.92 Å². The van der Waals surface area contributed by atoms with E-state index < -0.39 is 6.04 Å². The normalized spacial score (nSPS) is 21.5. The van der Waals surface area contributed by atoms with Gasteiger partial charge >= 0.3 is 0 Å². The van der Waals surface area contributed by atoms with E-state index in [0.717, 1.165) is 50.8 Å². The molecule has 0 radical (unpaired) electrons. The Kier molecular flexibility index (Phi) is 5.61. The number of nitrogens with one attached hydrogen (secondary N) is 1. The van der Waals surface area contributed by atoms with E-state index in [2.05, 4.69) is 11.4 Å². The van der Waals surface area contributed by atoms with Crippen LogP contribution in [-0.2, 0) is 16.0 Å². The highest BCUT2D eigenvalue weighted by Gasteiger charge is 2.33. The van der Waals surface area contributed by atoms with Crippen LogP contribution in [0.5, 0.6) is 5.75 Å². The Labute approximate surface area is 149 Å². The van der Waals surface area contributed by atoms with Gasteiger partial charge in [0.15, 0.2) is 0 Å². The molecule has 1 N–H and O–H groups in total. The van der Waals surface area contributed by atoms with Crippen molar-refractivity contribution in [3.05, 3.63) is 29.8 Å². The Morgan fingerprint density at radius 1 is 1.28 bits per heavy atom. The Morgan fingerprint density at radius 2 is 2.08 bits per heavy atom. The van der Waals surface area contributed by atoms with Crippen LogP contribution >= 0.6 is 0 Å². The van der Waals surface area contributed by atoms with E-state index in [1.165, 1.54) is 5.56 Å². The maximum atomic E-state index is 12.8. The largest absolute Gasteiger partial charge is 0.497 e. The van der Waals surface area contributed by atoms with Crippen LogP contribution in [0.3, 0.4) is 0 Å². The van der Waals surface area contributed by atoms with Gasteiger partial charge in [0.25, 0.3) is 0 Å². The van der Waals surface area contributed by atoms with Crippen molar-refractivity contribution in [3.63, 3.8) is 0 Å². The molecule has 0 spiro atoms. The molecule has 1 saturated heterocycles. The fourth-order valence-corrected chi connectivity index (χ4v) is 3.72. The lowest BCUT2D eigenvalue weighted by atomic mass is 9.84. The molecule has 1 heterocycles. The van der Waals surface area contributed by atoms with Gasteiger partial charge in [-0.2, -0.15) is 0 Å². The van der Waals surface area contributed by atoms with Crippen LogP contribution in [0.15, 0.2) is 24.3 Å². The van der Waals surface area contributed by atoms with E-state index in [9.17, 15) is 9.59 Å². The second-order valence-electron chi connectivity index (χ2n) is 7.24. The van der Waals surface area contributed by atoms with Gasteiger partial charge in [-0.15, -0.1) is 0 Å². The molecule has 1 saturated carbocycles. The van der Waals surface area contributed by atoms with Crippen LogP contribution in [0.1, 0.15) is 44.6 Å². The standard InChI is InChI=1S/C20H28N2O3/c1-14(21-19(23)16-7-4-8-16)20(24)22-11-5-9-17(22)12-15-6-3-10-18(13-15)25-2/h3,6,10,13-14,16-17H,4-5,7-9,11-12H2,1-2H3,(H,21,23)/t14-,17+/m0/s1. The number of likely N-dealkylation sites (tertiary alicyclic amines) is 1. The molecule has 1 aliphatic heterocycles. The number of carbonyl (C=O) groups excluding carboxylic acids is 2. The molecular formula is C20H28N2O3. The summed E-state index contributed by atoms with van der Waals surface area (Å²) in [7, 11) is 1.66. The summed E-state index contributed by atoms with van der Waals surface area (Å²) < 4.78 is 5.29. The summed E-state index contributed by atoms with van der Waals surface area (Å²) in [5.41, 5.74) is 1.18. The lowest BCUT2D eigenvalue weighted by Gasteiger charge is -2.30. The van der Waals surface area contributed by atoms with Crippen molar-refractivity contribution < 1.29 is 14.3 Å². The molecule has 2 fully saturated rings. The van der Waals surface area contributed by atoms with Gasteiger partial charge in [0, 0.05) is 18.5 Å². The van der Waals surface area contributed by atoms with Gasteiger partial charge < -0.3 is 15.0 Å². The number of nitrogens with zero attached hydrogens (tertiary/aromatic N) is 1. The molecule has 25 heavy (non-hydrogen) atoms. The fourth-order valence-electron chi connectivity index (χ4n) is 3.72. The molecule has 0 unspecified atom stereocenters. The second kappa shape index (κ2) is 7.89. The third kappa shape index (κ3) is 4.14. The predicted octanol–water partition coefficient (Wildman–Crippen LogP) is 2.53. The molecule has 0 bridgehead atoms. The quantitative estimate of drug-likeness (QED) is 0.863. The number of benzene rings is 1. The van der Waals surface area contributed by atoms with Crippen LogP contribution < -0.4 is 10.1 Å². The van der Waals surface area contributed by atoms with Crippen LogP contribution in [0.25, 0.3) is 0 Å². The van der Waals surface area contributed by atoms with E-state index >= 15 is 0 Å². The minimum Gasteiger partial charge on any atom is -0.497 e. The number of hydrogen-bond donors (Lipinski definition) is 1. The highest BCUT2D eigenvalue weighted by atomic mass is 16.5. The van der Waals surface area contributed by atoms with Gasteiger partial charge in [0.05, 0.1) is 7.11 Å². The van der Waals surface area contributed by atoms with Gasteiger partial charge in [0.2, 0.25) is 11.8 Å². The SMILES string of the molecule is COc1cccc(C[C@H]2CCCN2C(=O)[C@H](C)NC(=O)C2CCC2)c1. The maximum absolute atomic E-state index is 12.8. The minimum absolute atomic E-state index is 0.0376. The summed E-state index contributed by atoms with van der Waals surface area (Å²) in [6.07, 6.45) is 5.88. The molecule has 2 aliphatic rings. The van der Waals surface area contributed by atoms with E-state index in [1.807, 2.05) is 23.1 Å². The number of carbonyl (C=O) groups is 2. The highest BCUT2D eigenvalue weighted by Crippen LogP contribution is 2.27. The minimum atomic E-state index is -0.445. The molecule has 3 rings (SSSR count). The van der Waals surface area contributed by atoms with Gasteiger partial charge in [-0.05, 0) is 56.7 Å². The molecule has 1 aliphatic carbocycles. The number of ether oxygens (including phenoxy) is 1. The third-order valence-electron chi connectivity index (χ3n) is 5.47. The molecule has 0 aromatic heterocycles. The number of methoxy groups -OCH3 is 1. The zero-order valence-corrected chi connectivity index (χ0v) is 15.2. The average molecular weight is 344 g/mol. The monoisotopic (exact) mass is 344 g/mol. The van der Waals surface area contributed by atoms with Crippen molar-refractivity contribution in [2.45, 2.75) is 57.5 Å². The number of hydrogen-bond acceptors (Lipinski definition) is 3. The van der Waals surface area contributed by atoms with Crippen LogP contribution in [0.4, 0.5) is 0 Å². The van der Waals surface area contributed by atoms with Gasteiger partial charge in [0.1, 0.15) is 11.8 Å². The highest BCUT2D eigenvalue weighted by molar-refractivity contribution is 5.88. The molecular weight excluding hydrogens is 316 g/mol. The van der Waals surface area contributed by atoms with E-state index in [-0.39, 0.29) is 23.8 Å². The molecule has 5 nitrogen and oxygen atoms in total. The Bertz CT molecular complexity index is 627. The van der Waals surface area contributed by atoms with Gasteiger partial charge in [-0.25, -0.2) is 0 Å². The Hall–Kier alpha value is -2.04. The first-order valence-corrected chi connectivity index (χ1v) is 9.32. The smallest absolute Gasteiger partial charge is 0.245 e. The Balaban J connectivity index is 1.59. The van der Waals surface area contributed by atoms with Crippen LogP contribution in [-0.4, -0.2) is 42.5 Å². The Morgan fingerprint density at radius 3 is 2.76 bits per heavy atom. The number of amides is 2. The van der Waals surface area contributed by atoms with Crippen molar-refractivity contribution >= 4 is 11.8 Å². The maximum Gasteiger partial charge on any atom is 0.245 e. The van der Waals surface area contributed by atoms with Crippen molar-refractivity contribution in [1.29, 1.82) is 0 Å². The van der Waals surface area contributed by atoms with Crippen molar-refractivity contribution in [2.75, 3.05) is 13.7 Å². The van der Waals surface area contributed by atoms with E-state index in [1.54, 1.807) is 14.0 Å². The summed E-state index contributed by atoms with van der Waals surface area (Å²) in [5, 5.41) is 2.91. The lowest BCUT2D eigenvalue weighted by molar-refractivity contribution is -0.138. The molecule has 2 atom stereocenters. The lowest BCUT2D eigenvalue weighted by Crippen LogP contribution is -2.50. The first kappa shape index (κ1) is 17.8. The summed E-state index contributed by atoms with van der Waals surface area (Å²) in [6, 6.07) is 7.77. The first-order chi connectivity index (χ1) is 12.1. The van der Waals surface area contributed by atoms with Gasteiger partial charge in [-0.1, -0.05) is 18.6 Å². The summed E-state index contributed by atoms with van der Waals surface area (Å²) >= 11 is 0. The van der Waals surface area contributed by atoms with E-state index in [4.69, 9.17) is 4.74 Å². The average Bonchev–Trinajstić information content (AvgIpc) is 3.00. The predicted molar refractivity (Wildman–Crippen MR) is 96.4 cm³/mol. The zero-order chi connectivity index (χ0) is 17.8. The van der Waals surface area contributed by atoms with E-state index in [0.29, 0.717) is 0 Å². The topological polar surface area (TPSA) is 58.6 Å². The molecule has 1 aromatic rings. The second-order valence-corrected chi connectivity index (χ2v) is 7.24. The molecule has 136 valence electrons. The fraction of sp³-hybridized carbons (Fsp3) is 0.600. The molecule has 1 aromatic carbocycles.